The molecule has 0 fully saturated rings. The first-order chi connectivity index (χ1) is 11.6. The van der Waals surface area contributed by atoms with Gasteiger partial charge in [-0.15, -0.1) is 0 Å². The minimum atomic E-state index is -1.58. The van der Waals surface area contributed by atoms with Gasteiger partial charge in [0, 0.05) is 0 Å². The molecule has 1 aromatic carbocycles. The molecule has 2 atom stereocenters. The van der Waals surface area contributed by atoms with Crippen LogP contribution in [-0.4, -0.2) is 35.5 Å². The normalized spacial score (nSPS) is 13.3. The molecule has 5 heteroatoms. The summed E-state index contributed by atoms with van der Waals surface area (Å²) >= 11 is 0. The van der Waals surface area contributed by atoms with Crippen LogP contribution in [0.2, 0.25) is 0 Å². The van der Waals surface area contributed by atoms with Crippen LogP contribution in [-0.2, 0) is 9.53 Å². The van der Waals surface area contributed by atoms with E-state index >= 15 is 0 Å². The van der Waals surface area contributed by atoms with Crippen molar-refractivity contribution in [2.45, 2.75) is 64.6 Å². The lowest BCUT2D eigenvalue weighted by molar-refractivity contribution is -0.159. The van der Waals surface area contributed by atoms with Gasteiger partial charge in [0.2, 0.25) is 0 Å². The van der Waals surface area contributed by atoms with E-state index in [9.17, 15) is 15.0 Å². The first-order valence-corrected chi connectivity index (χ1v) is 8.85. The topological polar surface area (TPSA) is 76.0 Å². The molecule has 24 heavy (non-hydrogen) atoms. The molecule has 2 N–H and O–H groups in total. The molecule has 5 nitrogen and oxygen atoms in total. The van der Waals surface area contributed by atoms with E-state index in [0.29, 0.717) is 17.9 Å². The largest absolute Gasteiger partial charge is 0.494 e. The summed E-state index contributed by atoms with van der Waals surface area (Å²) in [4.78, 5) is 11.4. The van der Waals surface area contributed by atoms with Crippen LogP contribution >= 0.6 is 0 Å². The van der Waals surface area contributed by atoms with Gasteiger partial charge in [-0.05, 0) is 31.0 Å². The molecule has 136 valence electrons. The molecule has 0 saturated carbocycles. The molecule has 1 rings (SSSR count). The van der Waals surface area contributed by atoms with Crippen LogP contribution < -0.4 is 4.74 Å². The summed E-state index contributed by atoms with van der Waals surface area (Å²) in [6.07, 6.45) is 4.37. The van der Waals surface area contributed by atoms with Crippen molar-refractivity contribution in [1.82, 2.24) is 0 Å². The third-order valence-corrected chi connectivity index (χ3v) is 3.82. The zero-order chi connectivity index (χ0) is 17.8. The number of hydrogen-bond donors (Lipinski definition) is 2. The van der Waals surface area contributed by atoms with Gasteiger partial charge < -0.3 is 19.7 Å². The maximum Gasteiger partial charge on any atom is 0.338 e. The number of aliphatic hydroxyl groups excluding tert-OH is 2. The van der Waals surface area contributed by atoms with Crippen molar-refractivity contribution in [2.24, 2.45) is 0 Å². The number of rotatable bonds is 12. The second-order valence-corrected chi connectivity index (χ2v) is 5.83. The molecular formula is C19H30O5. The van der Waals surface area contributed by atoms with Gasteiger partial charge in [-0.25, -0.2) is 4.79 Å². The maximum atomic E-state index is 11.4. The van der Waals surface area contributed by atoms with Gasteiger partial charge in [-0.1, -0.05) is 51.2 Å². The van der Waals surface area contributed by atoms with E-state index in [1.807, 2.05) is 0 Å². The molecule has 0 aliphatic carbocycles. The fourth-order valence-corrected chi connectivity index (χ4v) is 2.37. The lowest BCUT2D eigenvalue weighted by Crippen LogP contribution is -2.29. The summed E-state index contributed by atoms with van der Waals surface area (Å²) in [7, 11) is 0. The van der Waals surface area contributed by atoms with Crippen molar-refractivity contribution in [3.63, 3.8) is 0 Å². The van der Waals surface area contributed by atoms with Crippen LogP contribution in [0.25, 0.3) is 0 Å². The Hall–Kier alpha value is -1.59. The average Bonchev–Trinajstić information content (AvgIpc) is 2.60. The monoisotopic (exact) mass is 338 g/mol. The van der Waals surface area contributed by atoms with Crippen LogP contribution in [0.4, 0.5) is 0 Å². The van der Waals surface area contributed by atoms with Gasteiger partial charge in [0.25, 0.3) is 0 Å². The number of carbonyl (C=O) groups excluding carboxylic acids is 1. The molecule has 0 amide bonds. The number of ether oxygens (including phenoxy) is 2. The van der Waals surface area contributed by atoms with Gasteiger partial charge in [-0.2, -0.15) is 0 Å². The van der Waals surface area contributed by atoms with Crippen molar-refractivity contribution in [3.05, 3.63) is 29.8 Å². The maximum absolute atomic E-state index is 11.4. The predicted octanol–water partition coefficient (Wildman–Crippen LogP) is 3.38. The number of unbranched alkanes of at least 4 members (excludes halogenated alkanes) is 5. The van der Waals surface area contributed by atoms with E-state index in [1.54, 1.807) is 31.2 Å². The lowest BCUT2D eigenvalue weighted by Gasteiger charge is -2.17. The molecule has 0 aliphatic heterocycles. The van der Waals surface area contributed by atoms with E-state index in [4.69, 9.17) is 9.47 Å². The Bertz CT molecular complexity index is 457. The van der Waals surface area contributed by atoms with Crippen molar-refractivity contribution in [3.8, 4) is 5.75 Å². The number of benzene rings is 1. The van der Waals surface area contributed by atoms with Crippen molar-refractivity contribution in [2.75, 3.05) is 13.2 Å². The summed E-state index contributed by atoms with van der Waals surface area (Å²) < 4.78 is 10.4. The predicted molar refractivity (Wildman–Crippen MR) is 92.9 cm³/mol. The summed E-state index contributed by atoms with van der Waals surface area (Å²) in [5.74, 6) is -0.112. The van der Waals surface area contributed by atoms with Crippen LogP contribution in [0.1, 0.15) is 64.0 Å². The fourth-order valence-electron chi connectivity index (χ4n) is 2.37. The van der Waals surface area contributed by atoms with Crippen LogP contribution in [0.5, 0.6) is 5.75 Å². The molecule has 0 aliphatic rings. The van der Waals surface area contributed by atoms with Gasteiger partial charge >= 0.3 is 5.97 Å². The lowest BCUT2D eigenvalue weighted by atomic mass is 10.0. The molecule has 0 heterocycles. The Morgan fingerprint density at radius 3 is 2.25 bits per heavy atom. The molecular weight excluding hydrogens is 308 g/mol. The Labute approximate surface area is 144 Å². The number of esters is 1. The minimum absolute atomic E-state index is 0.161. The fraction of sp³-hybridized carbons (Fsp3) is 0.632. The van der Waals surface area contributed by atoms with Gasteiger partial charge in [0.1, 0.15) is 11.9 Å². The molecule has 0 saturated heterocycles. The van der Waals surface area contributed by atoms with Crippen molar-refractivity contribution < 1.29 is 24.5 Å². The highest BCUT2D eigenvalue weighted by Crippen LogP contribution is 2.21. The van der Waals surface area contributed by atoms with Crippen molar-refractivity contribution in [1.29, 1.82) is 0 Å². The second kappa shape index (κ2) is 11.9. The Morgan fingerprint density at radius 1 is 1.00 bits per heavy atom. The first-order valence-electron chi connectivity index (χ1n) is 8.85. The van der Waals surface area contributed by atoms with E-state index in [0.717, 1.165) is 6.42 Å². The molecule has 2 unspecified atom stereocenters. The zero-order valence-corrected chi connectivity index (χ0v) is 14.7. The van der Waals surface area contributed by atoms with E-state index in [1.165, 1.54) is 32.1 Å². The van der Waals surface area contributed by atoms with Crippen LogP contribution in [0.3, 0.4) is 0 Å². The van der Waals surface area contributed by atoms with E-state index in [2.05, 4.69) is 6.92 Å². The summed E-state index contributed by atoms with van der Waals surface area (Å²) in [5.41, 5.74) is 0.447. The van der Waals surface area contributed by atoms with Gasteiger partial charge in [-0.3, -0.25) is 0 Å². The third kappa shape index (κ3) is 7.32. The minimum Gasteiger partial charge on any atom is -0.494 e. The molecule has 0 spiro atoms. The van der Waals surface area contributed by atoms with Gasteiger partial charge in [0.05, 0.1) is 13.2 Å². The summed E-state index contributed by atoms with van der Waals surface area (Å²) in [5, 5.41) is 19.7. The Kier molecular flexibility index (Phi) is 10.1. The Morgan fingerprint density at radius 2 is 1.62 bits per heavy atom. The molecule has 0 radical (unpaired) electrons. The second-order valence-electron chi connectivity index (χ2n) is 5.83. The van der Waals surface area contributed by atoms with Crippen LogP contribution in [0, 0.1) is 0 Å². The standard InChI is InChI=1S/C19H30O5/c1-3-5-6-7-8-9-14-24-16-12-10-15(11-13-16)17(20)18(21)19(22)23-4-2/h10-13,17-18,20-21H,3-9,14H2,1-2H3. The smallest absolute Gasteiger partial charge is 0.338 e. The quantitative estimate of drug-likeness (QED) is 0.451. The van der Waals surface area contributed by atoms with Crippen molar-refractivity contribution >= 4 is 5.97 Å². The van der Waals surface area contributed by atoms with Crippen LogP contribution in [0.15, 0.2) is 24.3 Å². The zero-order valence-electron chi connectivity index (χ0n) is 14.7. The van der Waals surface area contributed by atoms with Gasteiger partial charge in [0.15, 0.2) is 6.10 Å². The number of carbonyl (C=O) groups is 1. The summed E-state index contributed by atoms with van der Waals surface area (Å²) in [6, 6.07) is 6.74. The average molecular weight is 338 g/mol. The number of hydrogen-bond acceptors (Lipinski definition) is 5. The first kappa shape index (κ1) is 20.5. The third-order valence-electron chi connectivity index (χ3n) is 3.82. The molecule has 0 bridgehead atoms. The highest BCUT2D eigenvalue weighted by atomic mass is 16.5. The molecule has 0 aromatic heterocycles. The van der Waals surface area contributed by atoms with E-state index < -0.39 is 18.2 Å². The Balaban J connectivity index is 2.35. The molecule has 1 aromatic rings. The highest BCUT2D eigenvalue weighted by Gasteiger charge is 2.26. The SMILES string of the molecule is CCCCCCCCOc1ccc(C(O)C(O)C(=O)OCC)cc1. The summed E-state index contributed by atoms with van der Waals surface area (Å²) in [6.45, 7) is 4.68. The van der Waals surface area contributed by atoms with E-state index in [-0.39, 0.29) is 6.61 Å². The highest BCUT2D eigenvalue weighted by molar-refractivity contribution is 5.75. The number of aliphatic hydroxyl groups is 2.